The number of carbonyl (C=O) groups is 4. The number of ketones is 2. The molecule has 0 N–H and O–H groups in total. The van der Waals surface area contributed by atoms with Crippen molar-refractivity contribution < 1.29 is 28.7 Å². The van der Waals surface area contributed by atoms with Crippen molar-refractivity contribution >= 4 is 23.5 Å². The molecule has 0 radical (unpaired) electrons. The molecule has 0 amide bonds. The Hall–Kier alpha value is -3.28. The van der Waals surface area contributed by atoms with Gasteiger partial charge in [-0.25, -0.2) is 0 Å². The summed E-state index contributed by atoms with van der Waals surface area (Å²) in [7, 11) is 0. The molecule has 0 spiro atoms. The highest BCUT2D eigenvalue weighted by Crippen LogP contribution is 2.44. The number of rotatable bonds is 4. The van der Waals surface area contributed by atoms with E-state index in [9.17, 15) is 19.2 Å². The van der Waals surface area contributed by atoms with E-state index in [1.807, 2.05) is 0 Å². The van der Waals surface area contributed by atoms with Gasteiger partial charge in [-0.3, -0.25) is 19.2 Å². The first-order chi connectivity index (χ1) is 13.2. The van der Waals surface area contributed by atoms with Gasteiger partial charge in [0, 0.05) is 19.8 Å². The van der Waals surface area contributed by atoms with Crippen LogP contribution in [0, 0.1) is 5.92 Å². The first kappa shape index (κ1) is 19.5. The van der Waals surface area contributed by atoms with Crippen molar-refractivity contribution in [3.63, 3.8) is 0 Å². The molecule has 0 aromatic heterocycles. The average Bonchev–Trinajstić information content (AvgIpc) is 2.60. The minimum Gasteiger partial charge on any atom is -0.426 e. The van der Waals surface area contributed by atoms with Crippen LogP contribution in [0.3, 0.4) is 0 Å². The Morgan fingerprint density at radius 1 is 0.821 bits per heavy atom. The smallest absolute Gasteiger partial charge is 0.308 e. The van der Waals surface area contributed by atoms with Gasteiger partial charge in [-0.15, -0.1) is 0 Å². The summed E-state index contributed by atoms with van der Waals surface area (Å²) in [5.41, 5.74) is 1.25. The third-order valence-corrected chi connectivity index (χ3v) is 4.55. The Kier molecular flexibility index (Phi) is 5.14. The SMILES string of the molecule is CC(=O)Oc1cccc2c1C(=O)c1c(OC(C)=O)cccc1C2C(=O)C(C)C. The first-order valence-corrected chi connectivity index (χ1v) is 8.93. The maximum absolute atomic E-state index is 13.4. The molecule has 0 fully saturated rings. The van der Waals surface area contributed by atoms with Crippen LogP contribution in [0.1, 0.15) is 60.7 Å². The van der Waals surface area contributed by atoms with Gasteiger partial charge in [-0.2, -0.15) is 0 Å². The normalized spacial score (nSPS) is 13.0. The Morgan fingerprint density at radius 2 is 1.25 bits per heavy atom. The lowest BCUT2D eigenvalue weighted by atomic mass is 9.73. The van der Waals surface area contributed by atoms with Gasteiger partial charge in [-0.1, -0.05) is 38.1 Å². The number of esters is 2. The molecule has 0 saturated carbocycles. The third-order valence-electron chi connectivity index (χ3n) is 4.55. The van der Waals surface area contributed by atoms with Crippen LogP contribution in [0.5, 0.6) is 11.5 Å². The van der Waals surface area contributed by atoms with E-state index in [1.54, 1.807) is 38.1 Å². The fraction of sp³-hybridized carbons (Fsp3) is 0.273. The van der Waals surface area contributed by atoms with Crippen LogP contribution in [0.25, 0.3) is 0 Å². The van der Waals surface area contributed by atoms with Gasteiger partial charge in [0.25, 0.3) is 0 Å². The standard InChI is InChI=1S/C22H20O6/c1-11(2)21(25)18-14-7-5-9-16(27-12(3)23)19(14)22(26)20-15(18)8-6-10-17(20)28-13(4)24/h5-11,18H,1-4H3. The molecule has 1 aliphatic carbocycles. The van der Waals surface area contributed by atoms with Crippen molar-refractivity contribution in [3.05, 3.63) is 58.7 Å². The monoisotopic (exact) mass is 380 g/mol. The highest BCUT2D eigenvalue weighted by molar-refractivity contribution is 6.18. The maximum atomic E-state index is 13.4. The number of carbonyl (C=O) groups excluding carboxylic acids is 4. The maximum Gasteiger partial charge on any atom is 0.308 e. The molecule has 0 aliphatic heterocycles. The first-order valence-electron chi connectivity index (χ1n) is 8.93. The molecular formula is C22H20O6. The second-order valence-electron chi connectivity index (χ2n) is 6.95. The minimum atomic E-state index is -0.728. The summed E-state index contributed by atoms with van der Waals surface area (Å²) in [5.74, 6) is -2.55. The van der Waals surface area contributed by atoms with E-state index >= 15 is 0 Å². The fourth-order valence-corrected chi connectivity index (χ4v) is 3.48. The summed E-state index contributed by atoms with van der Waals surface area (Å²) in [4.78, 5) is 49.5. The summed E-state index contributed by atoms with van der Waals surface area (Å²) in [5, 5.41) is 0. The molecule has 0 bridgehead atoms. The third kappa shape index (κ3) is 3.33. The molecule has 6 nitrogen and oxygen atoms in total. The Labute approximate surface area is 162 Å². The molecule has 2 aromatic carbocycles. The summed E-state index contributed by atoms with van der Waals surface area (Å²) < 4.78 is 10.5. The van der Waals surface area contributed by atoms with E-state index in [2.05, 4.69) is 0 Å². The van der Waals surface area contributed by atoms with Gasteiger partial charge in [0.1, 0.15) is 17.3 Å². The molecule has 28 heavy (non-hydrogen) atoms. The lowest BCUT2D eigenvalue weighted by molar-refractivity contribution is -0.132. The Bertz CT molecular complexity index is 933. The Balaban J connectivity index is 2.32. The van der Waals surface area contributed by atoms with Gasteiger partial charge >= 0.3 is 11.9 Å². The van der Waals surface area contributed by atoms with Crippen LogP contribution >= 0.6 is 0 Å². The fourth-order valence-electron chi connectivity index (χ4n) is 3.48. The van der Waals surface area contributed by atoms with Crippen LogP contribution < -0.4 is 9.47 Å². The largest absolute Gasteiger partial charge is 0.426 e. The molecule has 144 valence electrons. The summed E-state index contributed by atoms with van der Waals surface area (Å²) in [6, 6.07) is 9.68. The van der Waals surface area contributed by atoms with E-state index in [4.69, 9.17) is 9.47 Å². The van der Waals surface area contributed by atoms with Crippen molar-refractivity contribution in [2.45, 2.75) is 33.6 Å². The number of hydrogen-bond acceptors (Lipinski definition) is 6. The number of Topliss-reactive ketones (excluding diaryl/α,β-unsaturated/α-hetero) is 1. The van der Waals surface area contributed by atoms with E-state index < -0.39 is 23.6 Å². The van der Waals surface area contributed by atoms with Gasteiger partial charge in [0.05, 0.1) is 17.0 Å². The van der Waals surface area contributed by atoms with E-state index in [0.717, 1.165) is 0 Å². The van der Waals surface area contributed by atoms with Crippen LogP contribution in [-0.2, 0) is 14.4 Å². The lowest BCUT2D eigenvalue weighted by Gasteiger charge is -2.29. The second-order valence-corrected chi connectivity index (χ2v) is 6.95. The Morgan fingerprint density at radius 3 is 1.61 bits per heavy atom. The van der Waals surface area contributed by atoms with Crippen molar-refractivity contribution in [2.75, 3.05) is 0 Å². The van der Waals surface area contributed by atoms with Crippen LogP contribution in [-0.4, -0.2) is 23.5 Å². The van der Waals surface area contributed by atoms with Crippen LogP contribution in [0.4, 0.5) is 0 Å². The van der Waals surface area contributed by atoms with Crippen molar-refractivity contribution in [1.82, 2.24) is 0 Å². The molecule has 2 aromatic rings. The summed E-state index contributed by atoms with van der Waals surface area (Å²) in [6.07, 6.45) is 0. The molecule has 3 rings (SSSR count). The van der Waals surface area contributed by atoms with Crippen LogP contribution in [0.15, 0.2) is 36.4 Å². The topological polar surface area (TPSA) is 86.7 Å². The zero-order chi connectivity index (χ0) is 20.6. The van der Waals surface area contributed by atoms with Gasteiger partial charge in [-0.05, 0) is 23.3 Å². The molecule has 0 heterocycles. The minimum absolute atomic E-state index is 0.0832. The summed E-state index contributed by atoms with van der Waals surface area (Å²) >= 11 is 0. The predicted octanol–water partition coefficient (Wildman–Crippen LogP) is 3.44. The molecule has 1 aliphatic rings. The number of benzene rings is 2. The highest BCUT2D eigenvalue weighted by atomic mass is 16.5. The second kappa shape index (κ2) is 7.38. The molecule has 0 unspecified atom stereocenters. The average molecular weight is 380 g/mol. The van der Waals surface area contributed by atoms with Crippen LogP contribution in [0.2, 0.25) is 0 Å². The number of hydrogen-bond donors (Lipinski definition) is 0. The zero-order valence-electron chi connectivity index (χ0n) is 16.1. The van der Waals surface area contributed by atoms with Crippen molar-refractivity contribution in [3.8, 4) is 11.5 Å². The van der Waals surface area contributed by atoms with E-state index in [0.29, 0.717) is 11.1 Å². The van der Waals surface area contributed by atoms with Crippen molar-refractivity contribution in [2.24, 2.45) is 5.92 Å². The van der Waals surface area contributed by atoms with Crippen molar-refractivity contribution in [1.29, 1.82) is 0 Å². The van der Waals surface area contributed by atoms with Gasteiger partial charge in [0.2, 0.25) is 5.78 Å². The summed E-state index contributed by atoms with van der Waals surface area (Å²) in [6.45, 7) is 6.04. The number of fused-ring (bicyclic) bond motifs is 2. The van der Waals surface area contributed by atoms with Gasteiger partial charge < -0.3 is 9.47 Å². The van der Waals surface area contributed by atoms with E-state index in [1.165, 1.54) is 26.0 Å². The molecule has 0 saturated heterocycles. The molecule has 6 heteroatoms. The number of ether oxygens (including phenoxy) is 2. The van der Waals surface area contributed by atoms with E-state index in [-0.39, 0.29) is 34.3 Å². The quantitative estimate of drug-likeness (QED) is 0.597. The lowest BCUT2D eigenvalue weighted by Crippen LogP contribution is -2.29. The predicted molar refractivity (Wildman–Crippen MR) is 101 cm³/mol. The van der Waals surface area contributed by atoms with Gasteiger partial charge in [0.15, 0.2) is 0 Å². The molecule has 0 atom stereocenters. The molecular weight excluding hydrogens is 360 g/mol. The zero-order valence-corrected chi connectivity index (χ0v) is 16.1. The highest BCUT2D eigenvalue weighted by Gasteiger charge is 2.39.